The van der Waals surface area contributed by atoms with Crippen LogP contribution < -0.4 is 0 Å². The molecule has 4 heteroatoms. The van der Waals surface area contributed by atoms with Crippen molar-refractivity contribution in [2.24, 2.45) is 0 Å². The molecule has 1 amide bonds. The minimum atomic E-state index is -0.120. The van der Waals surface area contributed by atoms with E-state index in [2.05, 4.69) is 0 Å². The van der Waals surface area contributed by atoms with Gasteiger partial charge in [-0.25, -0.2) is 0 Å². The molecule has 1 aromatic rings. The highest BCUT2D eigenvalue weighted by Gasteiger charge is 2.06. The van der Waals surface area contributed by atoms with Crippen molar-refractivity contribution in [2.45, 2.75) is 13.8 Å². The van der Waals surface area contributed by atoms with E-state index in [-0.39, 0.29) is 12.5 Å². The van der Waals surface area contributed by atoms with E-state index in [1.165, 1.54) is 6.08 Å². The molecule has 0 fully saturated rings. The van der Waals surface area contributed by atoms with Gasteiger partial charge in [-0.15, -0.1) is 0 Å². The summed E-state index contributed by atoms with van der Waals surface area (Å²) in [6.07, 6.45) is 3.09. The largest absolute Gasteiger partial charge is 0.462 e. The van der Waals surface area contributed by atoms with Gasteiger partial charge in [0.2, 0.25) is 5.91 Å². The van der Waals surface area contributed by atoms with E-state index < -0.39 is 0 Å². The molecule has 0 radical (unpaired) electrons. The zero-order chi connectivity index (χ0) is 12.0. The third-order valence-corrected chi connectivity index (χ3v) is 2.21. The number of hydrogen-bond donors (Lipinski definition) is 1. The van der Waals surface area contributed by atoms with E-state index >= 15 is 0 Å². The van der Waals surface area contributed by atoms with Crippen LogP contribution in [0.4, 0.5) is 0 Å². The fourth-order valence-electron chi connectivity index (χ4n) is 1.35. The fraction of sp³-hybridized carbons (Fsp3) is 0.417. The van der Waals surface area contributed by atoms with Gasteiger partial charge in [-0.05, 0) is 32.1 Å². The lowest BCUT2D eigenvalue weighted by Gasteiger charge is -2.17. The summed E-state index contributed by atoms with van der Waals surface area (Å²) < 4.78 is 5.30. The van der Waals surface area contributed by atoms with Crippen molar-refractivity contribution >= 4 is 12.0 Å². The summed E-state index contributed by atoms with van der Waals surface area (Å²) in [6, 6.07) is 3.65. The summed E-state index contributed by atoms with van der Waals surface area (Å²) >= 11 is 0. The number of furan rings is 1. The maximum absolute atomic E-state index is 11.6. The molecular weight excluding hydrogens is 206 g/mol. The molecule has 1 rings (SSSR count). The Balaban J connectivity index is 2.58. The smallest absolute Gasteiger partial charge is 0.246 e. The van der Waals surface area contributed by atoms with Crippen molar-refractivity contribution in [1.82, 2.24) is 4.90 Å². The summed E-state index contributed by atoms with van der Waals surface area (Å²) in [5.41, 5.74) is 0. The molecule has 1 heterocycles. The number of nitrogens with zero attached hydrogens (tertiary/aromatic N) is 1. The molecule has 1 N–H and O–H groups in total. The molecule has 0 aliphatic heterocycles. The summed E-state index contributed by atoms with van der Waals surface area (Å²) in [4.78, 5) is 13.2. The Morgan fingerprint density at radius 3 is 2.81 bits per heavy atom. The summed E-state index contributed by atoms with van der Waals surface area (Å²) in [5, 5.41) is 8.77. The third-order valence-electron chi connectivity index (χ3n) is 2.21. The SMILES string of the molecule is CCN(CCO)C(=O)/C=C/c1ccc(C)o1. The first kappa shape index (κ1) is 12.5. The highest BCUT2D eigenvalue weighted by Crippen LogP contribution is 2.08. The number of rotatable bonds is 5. The van der Waals surface area contributed by atoms with Crippen LogP contribution in [0.3, 0.4) is 0 Å². The fourth-order valence-corrected chi connectivity index (χ4v) is 1.35. The molecule has 0 atom stereocenters. The van der Waals surface area contributed by atoms with E-state index in [0.717, 1.165) is 5.76 Å². The maximum Gasteiger partial charge on any atom is 0.246 e. The first-order valence-corrected chi connectivity index (χ1v) is 5.31. The predicted octanol–water partition coefficient (Wildman–Crippen LogP) is 1.44. The highest BCUT2D eigenvalue weighted by molar-refractivity contribution is 5.91. The molecule has 1 aromatic heterocycles. The van der Waals surface area contributed by atoms with Crippen molar-refractivity contribution in [3.63, 3.8) is 0 Å². The molecule has 16 heavy (non-hydrogen) atoms. The number of hydrogen-bond acceptors (Lipinski definition) is 3. The van der Waals surface area contributed by atoms with Crippen molar-refractivity contribution < 1.29 is 14.3 Å². The van der Waals surface area contributed by atoms with Crippen LogP contribution in [-0.4, -0.2) is 35.6 Å². The Kier molecular flexibility index (Phi) is 4.79. The molecule has 4 nitrogen and oxygen atoms in total. The Labute approximate surface area is 95.2 Å². The van der Waals surface area contributed by atoms with Gasteiger partial charge in [0.25, 0.3) is 0 Å². The zero-order valence-corrected chi connectivity index (χ0v) is 9.64. The van der Waals surface area contributed by atoms with Crippen molar-refractivity contribution in [2.75, 3.05) is 19.7 Å². The van der Waals surface area contributed by atoms with Gasteiger partial charge < -0.3 is 14.4 Å². The Morgan fingerprint density at radius 2 is 2.31 bits per heavy atom. The standard InChI is InChI=1S/C12H17NO3/c1-3-13(8-9-14)12(15)7-6-11-5-4-10(2)16-11/h4-7,14H,3,8-9H2,1-2H3/b7-6+. The Bertz CT molecular complexity index is 368. The van der Waals surface area contributed by atoms with E-state index in [9.17, 15) is 4.79 Å². The molecule has 0 unspecified atom stereocenters. The number of likely N-dealkylation sites (N-methyl/N-ethyl adjacent to an activating group) is 1. The first-order valence-electron chi connectivity index (χ1n) is 5.31. The van der Waals surface area contributed by atoms with Crippen LogP contribution in [0.2, 0.25) is 0 Å². The summed E-state index contributed by atoms with van der Waals surface area (Å²) in [7, 11) is 0. The minimum Gasteiger partial charge on any atom is -0.462 e. The molecule has 0 aliphatic rings. The van der Waals surface area contributed by atoms with Crippen LogP contribution >= 0.6 is 0 Å². The average molecular weight is 223 g/mol. The zero-order valence-electron chi connectivity index (χ0n) is 9.64. The van der Waals surface area contributed by atoms with E-state index in [1.54, 1.807) is 17.0 Å². The van der Waals surface area contributed by atoms with Crippen LogP contribution in [0.5, 0.6) is 0 Å². The third kappa shape index (κ3) is 3.55. The molecule has 0 saturated heterocycles. The molecule has 0 spiro atoms. The molecule has 0 aromatic carbocycles. The number of amides is 1. The maximum atomic E-state index is 11.6. The summed E-state index contributed by atoms with van der Waals surface area (Å²) in [6.45, 7) is 4.65. The highest BCUT2D eigenvalue weighted by atomic mass is 16.3. The topological polar surface area (TPSA) is 53.7 Å². The van der Waals surface area contributed by atoms with E-state index in [4.69, 9.17) is 9.52 Å². The lowest BCUT2D eigenvalue weighted by molar-refractivity contribution is -0.126. The van der Waals surface area contributed by atoms with Gasteiger partial charge in [0, 0.05) is 19.2 Å². The summed E-state index contributed by atoms with van der Waals surface area (Å²) in [5.74, 6) is 1.35. The second-order valence-electron chi connectivity index (χ2n) is 3.42. The second kappa shape index (κ2) is 6.12. The van der Waals surface area contributed by atoms with Gasteiger partial charge in [-0.1, -0.05) is 0 Å². The number of carbonyl (C=O) groups is 1. The number of aliphatic hydroxyl groups is 1. The molecule has 0 saturated carbocycles. The lowest BCUT2D eigenvalue weighted by Crippen LogP contribution is -2.31. The Morgan fingerprint density at radius 1 is 1.56 bits per heavy atom. The minimum absolute atomic E-state index is 0.0206. The molecule has 0 aliphatic carbocycles. The first-order chi connectivity index (χ1) is 7.67. The van der Waals surface area contributed by atoms with Crippen molar-refractivity contribution in [3.8, 4) is 0 Å². The average Bonchev–Trinajstić information content (AvgIpc) is 2.68. The molecule has 0 bridgehead atoms. The lowest BCUT2D eigenvalue weighted by atomic mass is 10.3. The van der Waals surface area contributed by atoms with Crippen LogP contribution in [0.15, 0.2) is 22.6 Å². The van der Waals surface area contributed by atoms with Gasteiger partial charge in [0.05, 0.1) is 6.61 Å². The van der Waals surface area contributed by atoms with Crippen molar-refractivity contribution in [1.29, 1.82) is 0 Å². The molecule has 88 valence electrons. The van der Waals surface area contributed by atoms with E-state index in [1.807, 2.05) is 19.9 Å². The normalized spacial score (nSPS) is 10.9. The van der Waals surface area contributed by atoms with Gasteiger partial charge in [-0.2, -0.15) is 0 Å². The van der Waals surface area contributed by atoms with E-state index in [0.29, 0.717) is 18.8 Å². The molecular formula is C12H17NO3. The predicted molar refractivity (Wildman–Crippen MR) is 61.8 cm³/mol. The number of aryl methyl sites for hydroxylation is 1. The van der Waals surface area contributed by atoms with Gasteiger partial charge in [0.15, 0.2) is 0 Å². The van der Waals surface area contributed by atoms with Gasteiger partial charge >= 0.3 is 0 Å². The van der Waals surface area contributed by atoms with Crippen molar-refractivity contribution in [3.05, 3.63) is 29.7 Å². The van der Waals surface area contributed by atoms with Crippen LogP contribution in [0, 0.1) is 6.92 Å². The van der Waals surface area contributed by atoms with Crippen LogP contribution in [0.1, 0.15) is 18.4 Å². The Hall–Kier alpha value is -1.55. The van der Waals surface area contributed by atoms with Gasteiger partial charge in [0.1, 0.15) is 11.5 Å². The van der Waals surface area contributed by atoms with Gasteiger partial charge in [-0.3, -0.25) is 4.79 Å². The van der Waals surface area contributed by atoms with Crippen LogP contribution in [0.25, 0.3) is 6.08 Å². The quantitative estimate of drug-likeness (QED) is 0.768. The second-order valence-corrected chi connectivity index (χ2v) is 3.42. The number of aliphatic hydroxyl groups excluding tert-OH is 1. The van der Waals surface area contributed by atoms with Crippen LogP contribution in [-0.2, 0) is 4.79 Å². The monoisotopic (exact) mass is 223 g/mol. The number of carbonyl (C=O) groups excluding carboxylic acids is 1.